The smallest absolute Gasteiger partial charge is 0.307 e. The van der Waals surface area contributed by atoms with Crippen LogP contribution >= 0.6 is 0 Å². The predicted molar refractivity (Wildman–Crippen MR) is 59.7 cm³/mol. The van der Waals surface area contributed by atoms with Gasteiger partial charge in [-0.2, -0.15) is 0 Å². The first-order valence-corrected chi connectivity index (χ1v) is 5.69. The molecule has 1 N–H and O–H groups in total. The summed E-state index contributed by atoms with van der Waals surface area (Å²) < 4.78 is 4.72. The van der Waals surface area contributed by atoms with Crippen LogP contribution in [0.5, 0.6) is 0 Å². The van der Waals surface area contributed by atoms with Crippen LogP contribution in [0, 0.1) is 5.92 Å². The summed E-state index contributed by atoms with van der Waals surface area (Å²) in [6.07, 6.45) is 0.490. The number of methoxy groups -OCH3 is 1. The van der Waals surface area contributed by atoms with E-state index in [0.29, 0.717) is 12.3 Å². The van der Waals surface area contributed by atoms with Crippen LogP contribution in [-0.2, 0) is 9.53 Å². The monoisotopic (exact) mass is 214 g/mol. The minimum absolute atomic E-state index is 0.116. The summed E-state index contributed by atoms with van der Waals surface area (Å²) in [5.74, 6) is 0.530. The molecule has 4 heteroatoms. The van der Waals surface area contributed by atoms with E-state index in [1.807, 2.05) is 0 Å². The molecule has 0 radical (unpaired) electrons. The highest BCUT2D eigenvalue weighted by Gasteiger charge is 2.24. The summed E-state index contributed by atoms with van der Waals surface area (Å²) in [5, 5.41) is 3.39. The van der Waals surface area contributed by atoms with Crippen LogP contribution < -0.4 is 5.32 Å². The quantitative estimate of drug-likeness (QED) is 0.694. The molecule has 0 aliphatic carbocycles. The molecule has 2 unspecified atom stereocenters. The Bertz CT molecular complexity index is 209. The maximum atomic E-state index is 11.3. The molecule has 1 aliphatic heterocycles. The van der Waals surface area contributed by atoms with Crippen molar-refractivity contribution in [1.29, 1.82) is 0 Å². The van der Waals surface area contributed by atoms with E-state index in [2.05, 4.69) is 24.1 Å². The van der Waals surface area contributed by atoms with Gasteiger partial charge in [0.25, 0.3) is 0 Å². The van der Waals surface area contributed by atoms with Gasteiger partial charge >= 0.3 is 5.97 Å². The molecule has 4 nitrogen and oxygen atoms in total. The first-order chi connectivity index (χ1) is 7.17. The maximum absolute atomic E-state index is 11.3. The standard InChI is InChI=1S/C11H22N2O2/c1-4-13-8-9(2)6-12-7-10(13)5-11(14)15-3/h9-10,12H,4-8H2,1-3H3. The molecule has 0 bridgehead atoms. The molecule has 1 aliphatic rings. The summed E-state index contributed by atoms with van der Waals surface area (Å²) in [5.41, 5.74) is 0. The number of carbonyl (C=O) groups excluding carboxylic acids is 1. The molecule has 88 valence electrons. The molecule has 2 atom stereocenters. The van der Waals surface area contributed by atoms with Crippen LogP contribution in [0.4, 0.5) is 0 Å². The molecular formula is C11H22N2O2. The van der Waals surface area contributed by atoms with Gasteiger partial charge in [0.05, 0.1) is 13.5 Å². The lowest BCUT2D eigenvalue weighted by Gasteiger charge is -2.28. The second kappa shape index (κ2) is 6.08. The average molecular weight is 214 g/mol. The van der Waals surface area contributed by atoms with Gasteiger partial charge < -0.3 is 10.1 Å². The number of rotatable bonds is 3. The van der Waals surface area contributed by atoms with Crippen molar-refractivity contribution >= 4 is 5.97 Å². The zero-order chi connectivity index (χ0) is 11.3. The van der Waals surface area contributed by atoms with Gasteiger partial charge in [-0.1, -0.05) is 13.8 Å². The Morgan fingerprint density at radius 2 is 2.27 bits per heavy atom. The summed E-state index contributed by atoms with van der Waals surface area (Å²) in [6, 6.07) is 0.285. The highest BCUT2D eigenvalue weighted by Crippen LogP contribution is 2.11. The lowest BCUT2D eigenvalue weighted by molar-refractivity contribution is -0.142. The third-order valence-corrected chi connectivity index (χ3v) is 2.97. The van der Waals surface area contributed by atoms with Crippen LogP contribution in [0.1, 0.15) is 20.3 Å². The molecular weight excluding hydrogens is 192 g/mol. The first kappa shape index (κ1) is 12.5. The number of hydrogen-bond donors (Lipinski definition) is 1. The highest BCUT2D eigenvalue weighted by atomic mass is 16.5. The Morgan fingerprint density at radius 3 is 2.87 bits per heavy atom. The first-order valence-electron chi connectivity index (χ1n) is 5.69. The number of nitrogens with one attached hydrogen (secondary N) is 1. The van der Waals surface area contributed by atoms with Crippen LogP contribution in [0.25, 0.3) is 0 Å². The topological polar surface area (TPSA) is 41.6 Å². The third-order valence-electron chi connectivity index (χ3n) is 2.97. The van der Waals surface area contributed by atoms with E-state index in [9.17, 15) is 4.79 Å². The van der Waals surface area contributed by atoms with Gasteiger partial charge in [0.1, 0.15) is 0 Å². The lowest BCUT2D eigenvalue weighted by Crippen LogP contribution is -2.41. The zero-order valence-corrected chi connectivity index (χ0v) is 9.95. The van der Waals surface area contributed by atoms with E-state index in [-0.39, 0.29) is 12.0 Å². The Labute approximate surface area is 92.0 Å². The normalized spacial score (nSPS) is 28.5. The molecule has 0 aromatic heterocycles. The molecule has 1 saturated heterocycles. The van der Waals surface area contributed by atoms with Crippen LogP contribution in [-0.4, -0.2) is 50.2 Å². The van der Waals surface area contributed by atoms with Gasteiger partial charge in [-0.05, 0) is 19.0 Å². The minimum atomic E-state index is -0.116. The van der Waals surface area contributed by atoms with Crippen molar-refractivity contribution in [1.82, 2.24) is 10.2 Å². The highest BCUT2D eigenvalue weighted by molar-refractivity contribution is 5.69. The Hall–Kier alpha value is -0.610. The summed E-state index contributed by atoms with van der Waals surface area (Å²) in [4.78, 5) is 13.6. The number of nitrogens with zero attached hydrogens (tertiary/aromatic N) is 1. The van der Waals surface area contributed by atoms with Crippen molar-refractivity contribution in [2.24, 2.45) is 5.92 Å². The SMILES string of the molecule is CCN1CC(C)CNCC1CC(=O)OC. The Kier molecular flexibility index (Phi) is 5.05. The number of esters is 1. The summed E-state index contributed by atoms with van der Waals surface area (Å²) in [7, 11) is 1.45. The largest absolute Gasteiger partial charge is 0.469 e. The van der Waals surface area contributed by atoms with Crippen LogP contribution in [0.2, 0.25) is 0 Å². The average Bonchev–Trinajstić information content (AvgIpc) is 2.40. The molecule has 1 fully saturated rings. The number of ether oxygens (including phenoxy) is 1. The van der Waals surface area contributed by atoms with E-state index < -0.39 is 0 Å². The van der Waals surface area contributed by atoms with Crippen molar-refractivity contribution in [3.8, 4) is 0 Å². The fourth-order valence-corrected chi connectivity index (χ4v) is 2.10. The Balaban J connectivity index is 2.54. The van der Waals surface area contributed by atoms with Gasteiger partial charge in [-0.3, -0.25) is 9.69 Å². The summed E-state index contributed by atoms with van der Waals surface area (Å²) in [6.45, 7) is 8.35. The van der Waals surface area contributed by atoms with E-state index in [4.69, 9.17) is 4.74 Å². The van der Waals surface area contributed by atoms with Crippen LogP contribution in [0.3, 0.4) is 0 Å². The van der Waals surface area contributed by atoms with Crippen molar-refractivity contribution < 1.29 is 9.53 Å². The second-order valence-corrected chi connectivity index (χ2v) is 4.29. The van der Waals surface area contributed by atoms with E-state index in [0.717, 1.165) is 26.2 Å². The molecule has 1 heterocycles. The molecule has 1 rings (SSSR count). The van der Waals surface area contributed by atoms with Crippen LogP contribution in [0.15, 0.2) is 0 Å². The molecule has 0 saturated carbocycles. The van der Waals surface area contributed by atoms with Crippen molar-refractivity contribution in [2.75, 3.05) is 33.3 Å². The molecule has 0 aromatic rings. The van der Waals surface area contributed by atoms with E-state index >= 15 is 0 Å². The number of carbonyl (C=O) groups is 1. The predicted octanol–water partition coefficient (Wildman–Crippen LogP) is 0.479. The maximum Gasteiger partial charge on any atom is 0.307 e. The summed E-state index contributed by atoms with van der Waals surface area (Å²) >= 11 is 0. The zero-order valence-electron chi connectivity index (χ0n) is 9.95. The van der Waals surface area contributed by atoms with Gasteiger partial charge in [0, 0.05) is 19.1 Å². The fourth-order valence-electron chi connectivity index (χ4n) is 2.10. The van der Waals surface area contributed by atoms with E-state index in [1.165, 1.54) is 7.11 Å². The minimum Gasteiger partial charge on any atom is -0.469 e. The van der Waals surface area contributed by atoms with E-state index in [1.54, 1.807) is 0 Å². The molecule has 0 spiro atoms. The van der Waals surface area contributed by atoms with Crippen molar-refractivity contribution in [3.63, 3.8) is 0 Å². The van der Waals surface area contributed by atoms with Crippen molar-refractivity contribution in [2.45, 2.75) is 26.3 Å². The number of hydrogen-bond acceptors (Lipinski definition) is 4. The molecule has 0 aromatic carbocycles. The van der Waals surface area contributed by atoms with Gasteiger partial charge in [-0.25, -0.2) is 0 Å². The fraction of sp³-hybridized carbons (Fsp3) is 0.909. The second-order valence-electron chi connectivity index (χ2n) is 4.29. The Morgan fingerprint density at radius 1 is 1.53 bits per heavy atom. The van der Waals surface area contributed by atoms with Gasteiger partial charge in [-0.15, -0.1) is 0 Å². The lowest BCUT2D eigenvalue weighted by atomic mass is 10.1. The van der Waals surface area contributed by atoms with Gasteiger partial charge in [0.15, 0.2) is 0 Å². The van der Waals surface area contributed by atoms with Crippen molar-refractivity contribution in [3.05, 3.63) is 0 Å². The third kappa shape index (κ3) is 3.80. The van der Waals surface area contributed by atoms with Gasteiger partial charge in [0.2, 0.25) is 0 Å². The number of likely N-dealkylation sites (N-methyl/N-ethyl adjacent to an activating group) is 1. The molecule has 0 amide bonds. The molecule has 15 heavy (non-hydrogen) atoms.